The van der Waals surface area contributed by atoms with Crippen LogP contribution in [-0.2, 0) is 9.47 Å². The molecule has 0 radical (unpaired) electrons. The highest BCUT2D eigenvalue weighted by Crippen LogP contribution is 2.06. The first-order valence-corrected chi connectivity index (χ1v) is 5.45. The smallest absolute Gasteiger partial charge is 0.156 e. The van der Waals surface area contributed by atoms with Crippen molar-refractivity contribution in [3.8, 4) is 6.07 Å². The van der Waals surface area contributed by atoms with Gasteiger partial charge in [-0.15, -0.1) is 0 Å². The highest BCUT2D eigenvalue weighted by atomic mass is 16.7. The zero-order chi connectivity index (χ0) is 12.5. The summed E-state index contributed by atoms with van der Waals surface area (Å²) in [5, 5.41) is 11.8. The van der Waals surface area contributed by atoms with Crippen LogP contribution in [0.1, 0.15) is 18.4 Å². The third-order valence-corrected chi connectivity index (χ3v) is 2.34. The number of aromatic nitrogens is 1. The van der Waals surface area contributed by atoms with E-state index >= 15 is 0 Å². The van der Waals surface area contributed by atoms with Gasteiger partial charge in [0, 0.05) is 27.0 Å². The molecule has 0 spiro atoms. The maximum atomic E-state index is 8.62. The summed E-state index contributed by atoms with van der Waals surface area (Å²) in [4.78, 5) is 4.11. The summed E-state index contributed by atoms with van der Waals surface area (Å²) in [5.74, 6) is 0.774. The van der Waals surface area contributed by atoms with E-state index in [9.17, 15) is 0 Å². The molecule has 0 unspecified atom stereocenters. The topological polar surface area (TPSA) is 67.2 Å². The number of anilines is 1. The van der Waals surface area contributed by atoms with Crippen molar-refractivity contribution in [2.75, 3.05) is 26.1 Å². The average Bonchev–Trinajstić information content (AvgIpc) is 2.40. The minimum atomic E-state index is -0.147. The van der Waals surface area contributed by atoms with E-state index in [2.05, 4.69) is 10.3 Å². The lowest BCUT2D eigenvalue weighted by Crippen LogP contribution is -2.14. The van der Waals surface area contributed by atoms with Crippen molar-refractivity contribution < 1.29 is 9.47 Å². The summed E-state index contributed by atoms with van der Waals surface area (Å²) < 4.78 is 10.2. The molecule has 1 N–H and O–H groups in total. The van der Waals surface area contributed by atoms with Crippen molar-refractivity contribution in [2.24, 2.45) is 0 Å². The number of ether oxygens (including phenoxy) is 2. The van der Waals surface area contributed by atoms with Crippen molar-refractivity contribution in [3.05, 3.63) is 23.9 Å². The van der Waals surface area contributed by atoms with E-state index in [1.54, 1.807) is 32.5 Å². The predicted molar refractivity (Wildman–Crippen MR) is 64.5 cm³/mol. The minimum absolute atomic E-state index is 0.147. The van der Waals surface area contributed by atoms with Gasteiger partial charge >= 0.3 is 0 Å². The van der Waals surface area contributed by atoms with Crippen LogP contribution in [0.3, 0.4) is 0 Å². The molecule has 0 aromatic carbocycles. The van der Waals surface area contributed by atoms with Crippen molar-refractivity contribution in [3.63, 3.8) is 0 Å². The number of nitriles is 1. The van der Waals surface area contributed by atoms with E-state index in [-0.39, 0.29) is 6.29 Å². The summed E-state index contributed by atoms with van der Waals surface area (Å²) >= 11 is 0. The molecular formula is C12H17N3O2. The van der Waals surface area contributed by atoms with Gasteiger partial charge in [-0.3, -0.25) is 0 Å². The lowest BCUT2D eigenvalue weighted by Gasteiger charge is -2.13. The Morgan fingerprint density at radius 2 is 2.18 bits per heavy atom. The number of nitrogens with one attached hydrogen (secondary N) is 1. The third-order valence-electron chi connectivity index (χ3n) is 2.34. The molecule has 5 nitrogen and oxygen atoms in total. The molecule has 1 rings (SSSR count). The van der Waals surface area contributed by atoms with Crippen LogP contribution in [0.2, 0.25) is 0 Å². The summed E-state index contributed by atoms with van der Waals surface area (Å²) in [7, 11) is 3.26. The Morgan fingerprint density at radius 3 is 2.71 bits per heavy atom. The van der Waals surface area contributed by atoms with Gasteiger partial charge in [0.2, 0.25) is 0 Å². The summed E-state index contributed by atoms with van der Waals surface area (Å²) in [6, 6.07) is 5.56. The highest BCUT2D eigenvalue weighted by molar-refractivity contribution is 5.38. The van der Waals surface area contributed by atoms with Crippen molar-refractivity contribution in [1.29, 1.82) is 5.26 Å². The molecule has 17 heavy (non-hydrogen) atoms. The Bertz CT molecular complexity index is 355. The van der Waals surface area contributed by atoms with Crippen LogP contribution in [0.25, 0.3) is 0 Å². The van der Waals surface area contributed by atoms with Gasteiger partial charge in [-0.1, -0.05) is 0 Å². The lowest BCUT2D eigenvalue weighted by atomic mass is 10.3. The van der Waals surface area contributed by atoms with Crippen molar-refractivity contribution >= 4 is 5.82 Å². The Kier molecular flexibility index (Phi) is 6.00. The van der Waals surface area contributed by atoms with Gasteiger partial charge in [0.1, 0.15) is 11.9 Å². The minimum Gasteiger partial charge on any atom is -0.370 e. The van der Waals surface area contributed by atoms with Crippen LogP contribution in [0.5, 0.6) is 0 Å². The molecule has 1 aromatic rings. The first-order chi connectivity index (χ1) is 8.30. The van der Waals surface area contributed by atoms with Crippen LogP contribution in [0, 0.1) is 11.3 Å². The molecule has 0 aliphatic carbocycles. The molecule has 0 atom stereocenters. The summed E-state index contributed by atoms with van der Waals surface area (Å²) in [6.07, 6.45) is 3.16. The molecule has 0 saturated heterocycles. The van der Waals surface area contributed by atoms with Crippen LogP contribution < -0.4 is 5.32 Å². The van der Waals surface area contributed by atoms with Gasteiger partial charge in [0.05, 0.1) is 5.56 Å². The predicted octanol–water partition coefficient (Wildman–Crippen LogP) is 1.76. The van der Waals surface area contributed by atoms with Gasteiger partial charge in [0.15, 0.2) is 6.29 Å². The number of pyridine rings is 1. The van der Waals surface area contributed by atoms with Gasteiger partial charge in [0.25, 0.3) is 0 Å². The zero-order valence-electron chi connectivity index (χ0n) is 10.1. The molecule has 1 aromatic heterocycles. The molecule has 0 aliphatic rings. The average molecular weight is 235 g/mol. The van der Waals surface area contributed by atoms with Gasteiger partial charge in [-0.2, -0.15) is 5.26 Å². The second kappa shape index (κ2) is 7.60. The Balaban J connectivity index is 2.24. The third kappa shape index (κ3) is 4.81. The second-order valence-corrected chi connectivity index (χ2v) is 3.51. The Morgan fingerprint density at radius 1 is 1.41 bits per heavy atom. The summed E-state index contributed by atoms with van der Waals surface area (Å²) in [6.45, 7) is 0.794. The standard InChI is InChI=1S/C12H17N3O2/c1-16-12(17-2)4-3-7-14-11-6-5-10(8-13)9-15-11/h5-6,9,12H,3-4,7H2,1-2H3,(H,14,15). The van der Waals surface area contributed by atoms with E-state index in [1.807, 2.05) is 6.07 Å². The van der Waals surface area contributed by atoms with Crippen molar-refractivity contribution in [1.82, 2.24) is 4.98 Å². The first kappa shape index (κ1) is 13.4. The van der Waals surface area contributed by atoms with Crippen LogP contribution in [0.15, 0.2) is 18.3 Å². The van der Waals surface area contributed by atoms with Gasteiger partial charge < -0.3 is 14.8 Å². The first-order valence-electron chi connectivity index (χ1n) is 5.45. The molecule has 1 heterocycles. The van der Waals surface area contributed by atoms with Gasteiger partial charge in [-0.25, -0.2) is 4.98 Å². The van der Waals surface area contributed by atoms with Crippen LogP contribution in [0.4, 0.5) is 5.82 Å². The largest absolute Gasteiger partial charge is 0.370 e. The normalized spacial score (nSPS) is 10.2. The van der Waals surface area contributed by atoms with E-state index in [0.29, 0.717) is 5.56 Å². The van der Waals surface area contributed by atoms with E-state index < -0.39 is 0 Å². The number of hydrogen-bond acceptors (Lipinski definition) is 5. The number of hydrogen-bond donors (Lipinski definition) is 1. The molecule has 0 amide bonds. The number of nitrogens with zero attached hydrogens (tertiary/aromatic N) is 2. The van der Waals surface area contributed by atoms with Crippen molar-refractivity contribution in [2.45, 2.75) is 19.1 Å². The van der Waals surface area contributed by atoms with E-state index in [0.717, 1.165) is 25.2 Å². The van der Waals surface area contributed by atoms with Crippen LogP contribution in [-0.4, -0.2) is 32.0 Å². The molecule has 0 fully saturated rings. The second-order valence-electron chi connectivity index (χ2n) is 3.51. The molecular weight excluding hydrogens is 218 g/mol. The zero-order valence-corrected chi connectivity index (χ0v) is 10.1. The van der Waals surface area contributed by atoms with Gasteiger partial charge in [-0.05, 0) is 25.0 Å². The fraction of sp³-hybridized carbons (Fsp3) is 0.500. The molecule has 0 aliphatic heterocycles. The maximum absolute atomic E-state index is 8.62. The fourth-order valence-corrected chi connectivity index (χ4v) is 1.38. The summed E-state index contributed by atoms with van der Waals surface area (Å²) in [5.41, 5.74) is 0.564. The maximum Gasteiger partial charge on any atom is 0.156 e. The quantitative estimate of drug-likeness (QED) is 0.576. The molecule has 92 valence electrons. The lowest BCUT2D eigenvalue weighted by molar-refractivity contribution is -0.106. The monoisotopic (exact) mass is 235 g/mol. The van der Waals surface area contributed by atoms with E-state index in [1.165, 1.54) is 0 Å². The molecule has 0 saturated carbocycles. The van der Waals surface area contributed by atoms with Crippen LogP contribution >= 0.6 is 0 Å². The Hall–Kier alpha value is -1.64. The molecule has 0 bridgehead atoms. The highest BCUT2D eigenvalue weighted by Gasteiger charge is 2.03. The number of methoxy groups -OCH3 is 2. The van der Waals surface area contributed by atoms with E-state index in [4.69, 9.17) is 14.7 Å². The SMILES string of the molecule is COC(CCCNc1ccc(C#N)cn1)OC. The Labute approximate surface area is 101 Å². The molecule has 5 heteroatoms. The number of rotatable bonds is 7. The fourth-order valence-electron chi connectivity index (χ4n) is 1.38.